The smallest absolute Gasteiger partial charge is 0.0146 e. The van der Waals surface area contributed by atoms with Crippen molar-refractivity contribution in [2.75, 3.05) is 0 Å². The molecule has 0 saturated heterocycles. The molecule has 0 N–H and O–H groups in total. The number of rotatable bonds is 1. The van der Waals surface area contributed by atoms with Crippen LogP contribution in [-0.2, 0) is 0 Å². The largest absolute Gasteiger partial charge is 0.328 e. The van der Waals surface area contributed by atoms with Crippen LogP contribution >= 0.6 is 0 Å². The lowest BCUT2D eigenvalue weighted by atomic mass is 10.4. The fourth-order valence-corrected chi connectivity index (χ4v) is 0.719. The first-order valence-electron chi connectivity index (χ1n) is 3.11. The molecule has 0 saturated carbocycles. The summed E-state index contributed by atoms with van der Waals surface area (Å²) in [5.41, 5.74) is 1.26. The first kappa shape index (κ1) is 6.14. The summed E-state index contributed by atoms with van der Waals surface area (Å²) in [6, 6.07) is 4.04. The summed E-state index contributed by atoms with van der Waals surface area (Å²) in [6.07, 6.45) is 6.16. The first-order valence-corrected chi connectivity index (χ1v) is 3.11. The number of nitrogens with zero attached hydrogens (tertiary/aromatic N) is 1. The second-order valence-electron chi connectivity index (χ2n) is 2.02. The van der Waals surface area contributed by atoms with Gasteiger partial charge < -0.3 is 4.57 Å². The molecule has 0 aliphatic carbocycles. The summed E-state index contributed by atoms with van der Waals surface area (Å²) < 4.78 is 2.08. The molecule has 9 heavy (non-hydrogen) atoms. The molecule has 48 valence electrons. The number of hydrogen-bond acceptors (Lipinski definition) is 0. The maximum atomic E-state index is 2.08. The second-order valence-corrected chi connectivity index (χ2v) is 2.02. The molecular weight excluding hydrogens is 110 g/mol. The lowest BCUT2D eigenvalue weighted by molar-refractivity contribution is 1.10. The highest BCUT2D eigenvalue weighted by atomic mass is 14.9. The molecule has 0 atom stereocenters. The van der Waals surface area contributed by atoms with Crippen molar-refractivity contribution in [2.24, 2.45) is 0 Å². The number of hydrogen-bond donors (Lipinski definition) is 0. The van der Waals surface area contributed by atoms with E-state index in [-0.39, 0.29) is 0 Å². The third-order valence-electron chi connectivity index (χ3n) is 1.43. The zero-order chi connectivity index (χ0) is 6.69. The molecule has 0 aromatic carbocycles. The van der Waals surface area contributed by atoms with Crippen molar-refractivity contribution in [3.05, 3.63) is 30.6 Å². The SMILES string of the molecule is CC=C(C)n1cccc1. The molecule has 1 nitrogen and oxygen atoms in total. The summed E-state index contributed by atoms with van der Waals surface area (Å²) in [7, 11) is 0. The fourth-order valence-electron chi connectivity index (χ4n) is 0.719. The van der Waals surface area contributed by atoms with E-state index in [0.717, 1.165) is 0 Å². The van der Waals surface area contributed by atoms with Gasteiger partial charge in [0.1, 0.15) is 0 Å². The Kier molecular flexibility index (Phi) is 1.73. The van der Waals surface area contributed by atoms with Gasteiger partial charge >= 0.3 is 0 Å². The normalized spacial score (nSPS) is 12.0. The summed E-state index contributed by atoms with van der Waals surface area (Å²) in [5.74, 6) is 0. The molecule has 0 amide bonds. The third kappa shape index (κ3) is 1.22. The van der Waals surface area contributed by atoms with Gasteiger partial charge in [-0.3, -0.25) is 0 Å². The molecule has 0 radical (unpaired) electrons. The second kappa shape index (κ2) is 2.53. The Morgan fingerprint density at radius 2 is 1.89 bits per heavy atom. The molecule has 1 aromatic rings. The molecule has 1 heteroatoms. The van der Waals surface area contributed by atoms with Crippen molar-refractivity contribution in [1.29, 1.82) is 0 Å². The van der Waals surface area contributed by atoms with Gasteiger partial charge in [-0.15, -0.1) is 0 Å². The lowest BCUT2D eigenvalue weighted by Crippen LogP contribution is -1.85. The van der Waals surface area contributed by atoms with Crippen LogP contribution in [0.2, 0.25) is 0 Å². The minimum atomic E-state index is 1.26. The Labute approximate surface area is 55.6 Å². The highest BCUT2D eigenvalue weighted by Gasteiger charge is 1.85. The molecule has 0 bridgehead atoms. The molecular formula is C8H11N. The van der Waals surface area contributed by atoms with Gasteiger partial charge in [0.2, 0.25) is 0 Å². The minimum absolute atomic E-state index is 1.26. The summed E-state index contributed by atoms with van der Waals surface area (Å²) in [5, 5.41) is 0. The van der Waals surface area contributed by atoms with Crippen LogP contribution < -0.4 is 0 Å². The van der Waals surface area contributed by atoms with E-state index in [0.29, 0.717) is 0 Å². The zero-order valence-corrected chi connectivity index (χ0v) is 5.83. The topological polar surface area (TPSA) is 4.93 Å². The van der Waals surface area contributed by atoms with Gasteiger partial charge in [0.05, 0.1) is 0 Å². The molecule has 1 aromatic heterocycles. The van der Waals surface area contributed by atoms with E-state index < -0.39 is 0 Å². The van der Waals surface area contributed by atoms with Gasteiger partial charge in [-0.1, -0.05) is 6.08 Å². The Morgan fingerprint density at radius 3 is 2.33 bits per heavy atom. The Hall–Kier alpha value is -0.980. The van der Waals surface area contributed by atoms with Crippen LogP contribution in [0.25, 0.3) is 5.70 Å². The van der Waals surface area contributed by atoms with E-state index in [1.165, 1.54) is 5.70 Å². The maximum absolute atomic E-state index is 2.08. The van der Waals surface area contributed by atoms with Gasteiger partial charge in [-0.05, 0) is 26.0 Å². The first-order chi connectivity index (χ1) is 4.34. The van der Waals surface area contributed by atoms with Gasteiger partial charge in [-0.2, -0.15) is 0 Å². The van der Waals surface area contributed by atoms with Crippen LogP contribution in [0.4, 0.5) is 0 Å². The van der Waals surface area contributed by atoms with E-state index in [1.807, 2.05) is 31.5 Å². The van der Waals surface area contributed by atoms with E-state index >= 15 is 0 Å². The summed E-state index contributed by atoms with van der Waals surface area (Å²) in [6.45, 7) is 4.12. The van der Waals surface area contributed by atoms with E-state index in [2.05, 4.69) is 17.6 Å². The predicted molar refractivity (Wildman–Crippen MR) is 40.1 cm³/mol. The van der Waals surface area contributed by atoms with Crippen molar-refractivity contribution in [1.82, 2.24) is 4.57 Å². The summed E-state index contributed by atoms with van der Waals surface area (Å²) in [4.78, 5) is 0. The van der Waals surface area contributed by atoms with Gasteiger partial charge in [0, 0.05) is 18.1 Å². The number of aromatic nitrogens is 1. The van der Waals surface area contributed by atoms with Crippen LogP contribution in [0.3, 0.4) is 0 Å². The summed E-state index contributed by atoms with van der Waals surface area (Å²) >= 11 is 0. The molecule has 0 spiro atoms. The van der Waals surface area contributed by atoms with Gasteiger partial charge in [0.15, 0.2) is 0 Å². The quantitative estimate of drug-likeness (QED) is 0.537. The molecule has 0 aliphatic rings. The number of allylic oxidation sites excluding steroid dienone is 2. The standard InChI is InChI=1S/C8H11N/c1-3-8(2)9-6-4-5-7-9/h3-7H,1-2H3. The van der Waals surface area contributed by atoms with Crippen molar-refractivity contribution in [3.63, 3.8) is 0 Å². The van der Waals surface area contributed by atoms with E-state index in [4.69, 9.17) is 0 Å². The zero-order valence-electron chi connectivity index (χ0n) is 5.83. The van der Waals surface area contributed by atoms with E-state index in [9.17, 15) is 0 Å². The van der Waals surface area contributed by atoms with Crippen molar-refractivity contribution < 1.29 is 0 Å². The molecule has 0 unspecified atom stereocenters. The molecule has 1 heterocycles. The lowest BCUT2D eigenvalue weighted by Gasteiger charge is -1.98. The van der Waals surface area contributed by atoms with Crippen LogP contribution in [0.5, 0.6) is 0 Å². The van der Waals surface area contributed by atoms with E-state index in [1.54, 1.807) is 0 Å². The van der Waals surface area contributed by atoms with Crippen LogP contribution in [0.15, 0.2) is 30.6 Å². The molecule has 0 fully saturated rings. The highest BCUT2D eigenvalue weighted by molar-refractivity contribution is 5.41. The predicted octanol–water partition coefficient (Wildman–Crippen LogP) is 2.37. The van der Waals surface area contributed by atoms with Crippen molar-refractivity contribution in [2.45, 2.75) is 13.8 Å². The average Bonchev–Trinajstić information content (AvgIpc) is 2.37. The van der Waals surface area contributed by atoms with Crippen molar-refractivity contribution in [3.8, 4) is 0 Å². The maximum Gasteiger partial charge on any atom is 0.0146 e. The minimum Gasteiger partial charge on any atom is -0.328 e. The highest BCUT2D eigenvalue weighted by Crippen LogP contribution is 2.01. The third-order valence-corrected chi connectivity index (χ3v) is 1.43. The molecule has 0 aliphatic heterocycles. The molecule has 1 rings (SSSR count). The Balaban J connectivity index is 2.90. The monoisotopic (exact) mass is 121 g/mol. The van der Waals surface area contributed by atoms with Gasteiger partial charge in [0.25, 0.3) is 0 Å². The Bertz CT molecular complexity index is 194. The van der Waals surface area contributed by atoms with Gasteiger partial charge in [-0.25, -0.2) is 0 Å². The van der Waals surface area contributed by atoms with Crippen LogP contribution in [-0.4, -0.2) is 4.57 Å². The van der Waals surface area contributed by atoms with Crippen molar-refractivity contribution >= 4 is 5.70 Å². The fraction of sp³-hybridized carbons (Fsp3) is 0.250. The van der Waals surface area contributed by atoms with Crippen LogP contribution in [0.1, 0.15) is 13.8 Å². The Morgan fingerprint density at radius 1 is 1.33 bits per heavy atom. The van der Waals surface area contributed by atoms with Crippen LogP contribution in [0, 0.1) is 0 Å². The average molecular weight is 121 g/mol.